The van der Waals surface area contributed by atoms with Crippen LogP contribution in [-0.4, -0.2) is 4.98 Å². The van der Waals surface area contributed by atoms with Gasteiger partial charge in [0.1, 0.15) is 0 Å². The SMILES string of the molecule is Cc1cccc(-c2[c][nH]cc2)c1. The summed E-state index contributed by atoms with van der Waals surface area (Å²) in [6.45, 7) is 2.09. The molecule has 59 valence electrons. The molecular formula is C11H10N. The normalized spacial score (nSPS) is 10.1. The van der Waals surface area contributed by atoms with E-state index in [1.54, 1.807) is 0 Å². The van der Waals surface area contributed by atoms with E-state index in [0.29, 0.717) is 0 Å². The molecule has 0 bridgehead atoms. The summed E-state index contributed by atoms with van der Waals surface area (Å²) in [6, 6.07) is 10.4. The monoisotopic (exact) mass is 156 g/mol. The molecule has 0 fully saturated rings. The number of nitrogens with one attached hydrogen (secondary N) is 1. The van der Waals surface area contributed by atoms with Crippen LogP contribution in [0.4, 0.5) is 0 Å². The van der Waals surface area contributed by atoms with Gasteiger partial charge in [-0.2, -0.15) is 0 Å². The first-order chi connectivity index (χ1) is 5.86. The second kappa shape index (κ2) is 2.86. The second-order valence-corrected chi connectivity index (χ2v) is 2.89. The molecule has 0 saturated carbocycles. The first-order valence-electron chi connectivity index (χ1n) is 3.98. The van der Waals surface area contributed by atoms with Crippen molar-refractivity contribution in [3.05, 3.63) is 48.3 Å². The molecule has 0 saturated heterocycles. The van der Waals surface area contributed by atoms with Crippen LogP contribution in [0, 0.1) is 13.1 Å². The molecule has 1 radical (unpaired) electrons. The van der Waals surface area contributed by atoms with Crippen molar-refractivity contribution in [1.82, 2.24) is 4.98 Å². The number of aryl methyl sites for hydroxylation is 1. The van der Waals surface area contributed by atoms with Crippen LogP contribution in [0.1, 0.15) is 5.56 Å². The van der Waals surface area contributed by atoms with E-state index in [9.17, 15) is 0 Å². The molecule has 1 aromatic heterocycles. The van der Waals surface area contributed by atoms with Gasteiger partial charge in [-0.15, -0.1) is 0 Å². The fraction of sp³-hybridized carbons (Fsp3) is 0.0909. The Kier molecular flexibility index (Phi) is 1.71. The average molecular weight is 156 g/mol. The zero-order chi connectivity index (χ0) is 8.39. The van der Waals surface area contributed by atoms with Crippen molar-refractivity contribution in [3.8, 4) is 11.1 Å². The maximum Gasteiger partial charge on any atom is 0.0705 e. The third-order valence-electron chi connectivity index (χ3n) is 1.87. The Hall–Kier alpha value is -1.50. The highest BCUT2D eigenvalue weighted by molar-refractivity contribution is 5.62. The van der Waals surface area contributed by atoms with Crippen molar-refractivity contribution in [2.24, 2.45) is 0 Å². The highest BCUT2D eigenvalue weighted by Gasteiger charge is 1.96. The molecule has 0 aliphatic carbocycles. The minimum Gasteiger partial charge on any atom is -0.359 e. The molecule has 0 unspecified atom stereocenters. The van der Waals surface area contributed by atoms with Gasteiger partial charge >= 0.3 is 0 Å². The molecule has 1 heterocycles. The lowest BCUT2D eigenvalue weighted by molar-refractivity contribution is 1.39. The van der Waals surface area contributed by atoms with Crippen molar-refractivity contribution >= 4 is 0 Å². The zero-order valence-corrected chi connectivity index (χ0v) is 6.96. The lowest BCUT2D eigenvalue weighted by atomic mass is 10.1. The molecule has 12 heavy (non-hydrogen) atoms. The van der Waals surface area contributed by atoms with Crippen LogP contribution in [0.25, 0.3) is 11.1 Å². The van der Waals surface area contributed by atoms with E-state index in [4.69, 9.17) is 0 Å². The number of benzene rings is 1. The molecule has 0 spiro atoms. The van der Waals surface area contributed by atoms with Crippen LogP contribution in [0.15, 0.2) is 36.5 Å². The van der Waals surface area contributed by atoms with Gasteiger partial charge in [0, 0.05) is 11.8 Å². The topological polar surface area (TPSA) is 15.8 Å². The summed E-state index contributed by atoms with van der Waals surface area (Å²) in [7, 11) is 0. The molecule has 0 amide bonds. The first-order valence-corrected chi connectivity index (χ1v) is 3.98. The van der Waals surface area contributed by atoms with Gasteiger partial charge < -0.3 is 4.98 Å². The maximum atomic E-state index is 3.06. The smallest absolute Gasteiger partial charge is 0.0705 e. The van der Waals surface area contributed by atoms with E-state index in [0.717, 1.165) is 5.56 Å². The molecule has 1 N–H and O–H groups in total. The minimum atomic E-state index is 1.12. The van der Waals surface area contributed by atoms with Crippen molar-refractivity contribution in [1.29, 1.82) is 0 Å². The van der Waals surface area contributed by atoms with Gasteiger partial charge in [-0.3, -0.25) is 0 Å². The number of hydrogen-bond acceptors (Lipinski definition) is 0. The highest BCUT2D eigenvalue weighted by Crippen LogP contribution is 2.18. The van der Waals surface area contributed by atoms with Gasteiger partial charge in [-0.05, 0) is 18.6 Å². The fourth-order valence-electron chi connectivity index (χ4n) is 1.27. The first kappa shape index (κ1) is 7.17. The van der Waals surface area contributed by atoms with Crippen LogP contribution in [0.5, 0.6) is 0 Å². The van der Waals surface area contributed by atoms with Gasteiger partial charge in [-0.1, -0.05) is 29.8 Å². The molecule has 1 heteroatoms. The van der Waals surface area contributed by atoms with Gasteiger partial charge in [0.25, 0.3) is 0 Å². The number of hydrogen-bond donors (Lipinski definition) is 1. The largest absolute Gasteiger partial charge is 0.359 e. The van der Waals surface area contributed by atoms with E-state index in [2.05, 4.69) is 42.4 Å². The second-order valence-electron chi connectivity index (χ2n) is 2.89. The van der Waals surface area contributed by atoms with E-state index < -0.39 is 0 Å². The molecular weight excluding hydrogens is 146 g/mol. The third-order valence-corrected chi connectivity index (χ3v) is 1.87. The lowest BCUT2D eigenvalue weighted by Crippen LogP contribution is -1.75. The summed E-state index contributed by atoms with van der Waals surface area (Å²) in [5, 5.41) is 0. The molecule has 2 aromatic rings. The van der Waals surface area contributed by atoms with Crippen molar-refractivity contribution in [3.63, 3.8) is 0 Å². The predicted octanol–water partition coefficient (Wildman–Crippen LogP) is 2.79. The molecule has 1 nitrogen and oxygen atoms in total. The molecule has 2 rings (SSSR count). The van der Waals surface area contributed by atoms with E-state index in [1.165, 1.54) is 11.1 Å². The summed E-state index contributed by atoms with van der Waals surface area (Å²) < 4.78 is 0. The summed E-state index contributed by atoms with van der Waals surface area (Å²) >= 11 is 0. The summed E-state index contributed by atoms with van der Waals surface area (Å²) in [5.74, 6) is 0. The van der Waals surface area contributed by atoms with Gasteiger partial charge in [0.2, 0.25) is 0 Å². The molecule has 0 aliphatic rings. The van der Waals surface area contributed by atoms with Crippen LogP contribution in [-0.2, 0) is 0 Å². The van der Waals surface area contributed by atoms with Crippen LogP contribution < -0.4 is 0 Å². The maximum absolute atomic E-state index is 3.06. The molecule has 0 aliphatic heterocycles. The highest BCUT2D eigenvalue weighted by atomic mass is 14.6. The molecule has 0 atom stereocenters. The van der Waals surface area contributed by atoms with E-state index in [-0.39, 0.29) is 0 Å². The van der Waals surface area contributed by atoms with Gasteiger partial charge in [0.15, 0.2) is 0 Å². The van der Waals surface area contributed by atoms with Crippen molar-refractivity contribution < 1.29 is 0 Å². The number of rotatable bonds is 1. The van der Waals surface area contributed by atoms with E-state index in [1.807, 2.05) is 12.3 Å². The lowest BCUT2D eigenvalue weighted by Gasteiger charge is -1.97. The van der Waals surface area contributed by atoms with Crippen LogP contribution >= 0.6 is 0 Å². The minimum absolute atomic E-state index is 1.12. The number of aromatic nitrogens is 1. The van der Waals surface area contributed by atoms with Gasteiger partial charge in [-0.25, -0.2) is 0 Å². The van der Waals surface area contributed by atoms with Crippen molar-refractivity contribution in [2.75, 3.05) is 0 Å². The Balaban J connectivity index is 2.48. The Morgan fingerprint density at radius 2 is 2.17 bits per heavy atom. The summed E-state index contributed by atoms with van der Waals surface area (Å²) in [5.41, 5.74) is 3.62. The molecule has 1 aromatic carbocycles. The third kappa shape index (κ3) is 1.26. The standard InChI is InChI=1S/C11H10N/c1-9-3-2-4-10(7-9)11-5-6-12-8-11/h2-7,12H,1H3. The van der Waals surface area contributed by atoms with Crippen LogP contribution in [0.3, 0.4) is 0 Å². The fourth-order valence-corrected chi connectivity index (χ4v) is 1.27. The van der Waals surface area contributed by atoms with Gasteiger partial charge in [0.05, 0.1) is 6.20 Å². The Labute approximate surface area is 72.1 Å². The average Bonchev–Trinajstić information content (AvgIpc) is 2.56. The predicted molar refractivity (Wildman–Crippen MR) is 49.8 cm³/mol. The Morgan fingerprint density at radius 1 is 1.25 bits per heavy atom. The number of aromatic amines is 1. The quantitative estimate of drug-likeness (QED) is 0.653. The summed E-state index contributed by atoms with van der Waals surface area (Å²) in [4.78, 5) is 2.92. The van der Waals surface area contributed by atoms with Crippen LogP contribution in [0.2, 0.25) is 0 Å². The zero-order valence-electron chi connectivity index (χ0n) is 6.96. The Morgan fingerprint density at radius 3 is 2.83 bits per heavy atom. The Bertz CT molecular complexity index is 360. The summed E-state index contributed by atoms with van der Waals surface area (Å²) in [6.07, 6.45) is 4.94. The van der Waals surface area contributed by atoms with Crippen molar-refractivity contribution in [2.45, 2.75) is 6.92 Å². The van der Waals surface area contributed by atoms with E-state index >= 15 is 0 Å². The number of H-pyrrole nitrogens is 1.